The molecule has 1 aromatic carbocycles. The maximum absolute atomic E-state index is 5.12. The number of hydrogen-bond donors (Lipinski definition) is 1. The summed E-state index contributed by atoms with van der Waals surface area (Å²) in [7, 11) is 0. The molecule has 0 aliphatic rings. The number of rotatable bonds is 2. The Labute approximate surface area is 67.4 Å². The van der Waals surface area contributed by atoms with Gasteiger partial charge in [-0.2, -0.15) is 0 Å². The Balaban J connectivity index is 2.94. The molecule has 0 bridgehead atoms. The number of hydrogen-bond acceptors (Lipinski definition) is 1. The average molecular weight is 145 g/mol. The van der Waals surface area contributed by atoms with Gasteiger partial charge in [0.15, 0.2) is 0 Å². The zero-order valence-corrected chi connectivity index (χ0v) is 6.59. The summed E-state index contributed by atoms with van der Waals surface area (Å²) in [5.74, 6) is 0. The van der Waals surface area contributed by atoms with Gasteiger partial charge in [0.05, 0.1) is 0 Å². The van der Waals surface area contributed by atoms with Crippen LogP contribution in [0.3, 0.4) is 0 Å². The van der Waals surface area contributed by atoms with Crippen molar-refractivity contribution in [1.29, 1.82) is 0 Å². The SMILES string of the molecule is C#CNc1ccccc1CC. The lowest BCUT2D eigenvalue weighted by Gasteiger charge is -2.03. The molecule has 0 aliphatic carbocycles. The van der Waals surface area contributed by atoms with Crippen molar-refractivity contribution in [3.8, 4) is 12.5 Å². The van der Waals surface area contributed by atoms with Crippen molar-refractivity contribution in [2.24, 2.45) is 0 Å². The second-order valence-corrected chi connectivity index (χ2v) is 2.28. The van der Waals surface area contributed by atoms with E-state index in [1.807, 2.05) is 18.2 Å². The van der Waals surface area contributed by atoms with Gasteiger partial charge in [-0.25, -0.2) is 0 Å². The fourth-order valence-corrected chi connectivity index (χ4v) is 1.03. The van der Waals surface area contributed by atoms with Crippen LogP contribution in [0.15, 0.2) is 24.3 Å². The van der Waals surface area contributed by atoms with Crippen LogP contribution >= 0.6 is 0 Å². The predicted molar refractivity (Wildman–Crippen MR) is 48.3 cm³/mol. The van der Waals surface area contributed by atoms with Gasteiger partial charge >= 0.3 is 0 Å². The largest absolute Gasteiger partial charge is 0.315 e. The summed E-state index contributed by atoms with van der Waals surface area (Å²) in [6.07, 6.45) is 6.13. The van der Waals surface area contributed by atoms with E-state index in [-0.39, 0.29) is 0 Å². The second-order valence-electron chi connectivity index (χ2n) is 2.28. The second kappa shape index (κ2) is 3.68. The minimum Gasteiger partial charge on any atom is -0.315 e. The van der Waals surface area contributed by atoms with Crippen LogP contribution in [0, 0.1) is 12.5 Å². The molecule has 0 amide bonds. The molecular weight excluding hydrogens is 134 g/mol. The number of benzene rings is 1. The Morgan fingerprint density at radius 2 is 2.18 bits per heavy atom. The first-order chi connectivity index (χ1) is 5.38. The van der Waals surface area contributed by atoms with E-state index in [4.69, 9.17) is 6.42 Å². The molecule has 0 radical (unpaired) electrons. The van der Waals surface area contributed by atoms with Crippen LogP contribution in [0.1, 0.15) is 12.5 Å². The maximum atomic E-state index is 5.12. The van der Waals surface area contributed by atoms with Crippen LogP contribution in [-0.4, -0.2) is 0 Å². The molecule has 56 valence electrons. The highest BCUT2D eigenvalue weighted by Crippen LogP contribution is 2.14. The highest BCUT2D eigenvalue weighted by atomic mass is 14.8. The van der Waals surface area contributed by atoms with Crippen molar-refractivity contribution in [2.45, 2.75) is 13.3 Å². The first-order valence-corrected chi connectivity index (χ1v) is 3.68. The van der Waals surface area contributed by atoms with Crippen molar-refractivity contribution >= 4 is 5.69 Å². The van der Waals surface area contributed by atoms with Crippen LogP contribution in [0.25, 0.3) is 0 Å². The van der Waals surface area contributed by atoms with E-state index >= 15 is 0 Å². The topological polar surface area (TPSA) is 12.0 Å². The van der Waals surface area contributed by atoms with Gasteiger partial charge in [0, 0.05) is 11.7 Å². The standard InChI is InChI=1S/C10H11N/c1-3-9-7-5-6-8-10(9)11-4-2/h2,5-8,11H,3H2,1H3. The highest BCUT2D eigenvalue weighted by molar-refractivity contribution is 5.54. The van der Waals surface area contributed by atoms with Gasteiger partial charge in [-0.05, 0) is 18.1 Å². The lowest BCUT2D eigenvalue weighted by atomic mass is 10.1. The smallest absolute Gasteiger partial charge is 0.0490 e. The number of terminal acetylenes is 1. The summed E-state index contributed by atoms with van der Waals surface area (Å²) < 4.78 is 0. The fraction of sp³-hybridized carbons (Fsp3) is 0.200. The number of nitrogens with one attached hydrogen (secondary N) is 1. The molecule has 1 nitrogen and oxygen atoms in total. The van der Waals surface area contributed by atoms with Gasteiger partial charge in [-0.1, -0.05) is 31.5 Å². The lowest BCUT2D eigenvalue weighted by molar-refractivity contribution is 1.14. The number of para-hydroxylation sites is 1. The van der Waals surface area contributed by atoms with Crippen LogP contribution in [-0.2, 0) is 6.42 Å². The molecule has 1 N–H and O–H groups in total. The molecule has 0 saturated heterocycles. The van der Waals surface area contributed by atoms with Gasteiger partial charge in [-0.3, -0.25) is 0 Å². The van der Waals surface area contributed by atoms with E-state index in [9.17, 15) is 0 Å². The molecule has 1 rings (SSSR count). The zero-order valence-electron chi connectivity index (χ0n) is 6.59. The normalized spacial score (nSPS) is 8.73. The molecule has 0 aliphatic heterocycles. The van der Waals surface area contributed by atoms with Gasteiger partial charge in [-0.15, -0.1) is 0 Å². The summed E-state index contributed by atoms with van der Waals surface area (Å²) in [6.45, 7) is 2.11. The van der Waals surface area contributed by atoms with Crippen molar-refractivity contribution < 1.29 is 0 Å². The first-order valence-electron chi connectivity index (χ1n) is 3.68. The third-order valence-electron chi connectivity index (χ3n) is 1.61. The van der Waals surface area contributed by atoms with Crippen molar-refractivity contribution in [1.82, 2.24) is 0 Å². The summed E-state index contributed by atoms with van der Waals surface area (Å²) in [5.41, 5.74) is 2.29. The summed E-state index contributed by atoms with van der Waals surface area (Å²) >= 11 is 0. The molecule has 11 heavy (non-hydrogen) atoms. The van der Waals surface area contributed by atoms with Crippen molar-refractivity contribution in [2.75, 3.05) is 5.32 Å². The van der Waals surface area contributed by atoms with E-state index < -0.39 is 0 Å². The summed E-state index contributed by atoms with van der Waals surface area (Å²) in [5, 5.41) is 2.85. The Morgan fingerprint density at radius 3 is 2.82 bits per heavy atom. The Morgan fingerprint density at radius 1 is 1.45 bits per heavy atom. The quantitative estimate of drug-likeness (QED) is 0.497. The molecular formula is C10H11N. The molecule has 0 heterocycles. The molecule has 0 saturated carbocycles. The molecule has 0 spiro atoms. The molecule has 1 aromatic rings. The molecule has 0 atom stereocenters. The predicted octanol–water partition coefficient (Wildman–Crippen LogP) is 2.25. The third-order valence-corrected chi connectivity index (χ3v) is 1.61. The Bertz CT molecular complexity index is 270. The molecule has 0 fully saturated rings. The van der Waals surface area contributed by atoms with E-state index in [0.717, 1.165) is 12.1 Å². The number of anilines is 1. The van der Waals surface area contributed by atoms with Crippen LogP contribution in [0.5, 0.6) is 0 Å². The Kier molecular flexibility index (Phi) is 2.57. The molecule has 0 aromatic heterocycles. The monoisotopic (exact) mass is 145 g/mol. The minimum atomic E-state index is 1.00. The highest BCUT2D eigenvalue weighted by Gasteiger charge is 1.94. The van der Waals surface area contributed by atoms with Gasteiger partial charge in [0.1, 0.15) is 0 Å². The summed E-state index contributed by atoms with van der Waals surface area (Å²) in [6, 6.07) is 10.4. The van der Waals surface area contributed by atoms with E-state index in [2.05, 4.69) is 24.4 Å². The van der Waals surface area contributed by atoms with Crippen molar-refractivity contribution in [3.63, 3.8) is 0 Å². The lowest BCUT2D eigenvalue weighted by Crippen LogP contribution is -1.92. The number of aryl methyl sites for hydroxylation is 1. The average Bonchev–Trinajstić information content (AvgIpc) is 2.06. The minimum absolute atomic E-state index is 1.00. The first kappa shape index (κ1) is 7.68. The van der Waals surface area contributed by atoms with Gasteiger partial charge in [0.25, 0.3) is 0 Å². The van der Waals surface area contributed by atoms with Gasteiger partial charge in [0.2, 0.25) is 0 Å². The van der Waals surface area contributed by atoms with Crippen LogP contribution < -0.4 is 5.32 Å². The Hall–Kier alpha value is -1.42. The van der Waals surface area contributed by atoms with E-state index in [0.29, 0.717) is 0 Å². The molecule has 1 heteroatoms. The zero-order chi connectivity index (χ0) is 8.10. The van der Waals surface area contributed by atoms with Crippen LogP contribution in [0.4, 0.5) is 5.69 Å². The molecule has 0 unspecified atom stereocenters. The van der Waals surface area contributed by atoms with E-state index in [1.165, 1.54) is 5.56 Å². The van der Waals surface area contributed by atoms with E-state index in [1.54, 1.807) is 0 Å². The van der Waals surface area contributed by atoms with Crippen molar-refractivity contribution in [3.05, 3.63) is 29.8 Å². The maximum Gasteiger partial charge on any atom is 0.0490 e. The fourth-order valence-electron chi connectivity index (χ4n) is 1.03. The van der Waals surface area contributed by atoms with Gasteiger partial charge < -0.3 is 5.32 Å². The third kappa shape index (κ3) is 1.75. The van der Waals surface area contributed by atoms with Crippen LogP contribution in [0.2, 0.25) is 0 Å². The summed E-state index contributed by atoms with van der Waals surface area (Å²) in [4.78, 5) is 0.